The Bertz CT molecular complexity index is 823. The summed E-state index contributed by atoms with van der Waals surface area (Å²) in [5.74, 6) is 0.697. The fraction of sp³-hybridized carbons (Fsp3) is 0.435. The quantitative estimate of drug-likeness (QED) is 0.720. The zero-order chi connectivity index (χ0) is 20.8. The predicted molar refractivity (Wildman–Crippen MR) is 111 cm³/mol. The zero-order valence-corrected chi connectivity index (χ0v) is 17.4. The van der Waals surface area contributed by atoms with Crippen molar-refractivity contribution in [3.05, 3.63) is 59.9 Å². The van der Waals surface area contributed by atoms with Crippen LogP contribution in [-0.2, 0) is 16.1 Å². The summed E-state index contributed by atoms with van der Waals surface area (Å²) >= 11 is 0. The molecular weight excluding hydrogens is 366 g/mol. The van der Waals surface area contributed by atoms with E-state index >= 15 is 0 Å². The Kier molecular flexibility index (Phi) is 6.86. The van der Waals surface area contributed by atoms with Crippen LogP contribution in [0, 0.1) is 5.92 Å². The van der Waals surface area contributed by atoms with E-state index in [2.05, 4.69) is 4.98 Å². The number of hydrogen-bond donors (Lipinski definition) is 0. The van der Waals surface area contributed by atoms with E-state index in [4.69, 9.17) is 4.74 Å². The lowest BCUT2D eigenvalue weighted by atomic mass is 9.83. The molecule has 1 aliphatic heterocycles. The number of carbonyl (C=O) groups is 2. The largest absolute Gasteiger partial charge is 0.497 e. The van der Waals surface area contributed by atoms with Crippen LogP contribution >= 0.6 is 0 Å². The van der Waals surface area contributed by atoms with Crippen molar-refractivity contribution >= 4 is 11.8 Å². The van der Waals surface area contributed by atoms with Gasteiger partial charge >= 0.3 is 0 Å². The number of rotatable bonds is 7. The molecule has 3 rings (SSSR count). The van der Waals surface area contributed by atoms with Crippen molar-refractivity contribution in [3.8, 4) is 5.75 Å². The van der Waals surface area contributed by atoms with Gasteiger partial charge in [0.2, 0.25) is 11.8 Å². The van der Waals surface area contributed by atoms with Crippen molar-refractivity contribution in [1.29, 1.82) is 0 Å². The average molecular weight is 396 g/mol. The third-order valence-electron chi connectivity index (χ3n) is 5.64. The molecule has 0 bridgehead atoms. The summed E-state index contributed by atoms with van der Waals surface area (Å²) < 4.78 is 5.27. The predicted octanol–water partition coefficient (Wildman–Crippen LogP) is 3.44. The highest BCUT2D eigenvalue weighted by Gasteiger charge is 2.41. The molecule has 6 heteroatoms. The third-order valence-corrected chi connectivity index (χ3v) is 5.64. The first-order chi connectivity index (χ1) is 14.1. The fourth-order valence-corrected chi connectivity index (χ4v) is 4.09. The van der Waals surface area contributed by atoms with Gasteiger partial charge in [-0.15, -0.1) is 0 Å². The number of methoxy groups -OCH3 is 1. The van der Waals surface area contributed by atoms with E-state index in [9.17, 15) is 9.59 Å². The zero-order valence-electron chi connectivity index (χ0n) is 17.4. The number of likely N-dealkylation sites (tertiary alicyclic amines) is 1. The molecule has 0 saturated carbocycles. The van der Waals surface area contributed by atoms with Gasteiger partial charge in [0.05, 0.1) is 19.1 Å². The summed E-state index contributed by atoms with van der Waals surface area (Å²) in [5.41, 5.74) is 2.02. The molecular formula is C23H29N3O3. The standard InChI is InChI=1S/C23H29N3O3/c1-4-25(16-17-12-14-24-15-13-17)23(28)20-10-11-21(27)26(5-2)22(20)18-6-8-19(29-3)9-7-18/h6-9,12-15,20,22H,4-5,10-11,16H2,1-3H3/t20-,22+/m1/s1. The van der Waals surface area contributed by atoms with Gasteiger partial charge in [0.15, 0.2) is 0 Å². The van der Waals surface area contributed by atoms with Crippen LogP contribution in [0.5, 0.6) is 5.75 Å². The lowest BCUT2D eigenvalue weighted by Crippen LogP contribution is -2.48. The Morgan fingerprint density at radius 3 is 2.45 bits per heavy atom. The molecule has 2 aromatic rings. The second-order valence-corrected chi connectivity index (χ2v) is 7.25. The van der Waals surface area contributed by atoms with Gasteiger partial charge in [-0.25, -0.2) is 0 Å². The maximum Gasteiger partial charge on any atom is 0.228 e. The van der Waals surface area contributed by atoms with Gasteiger partial charge < -0.3 is 14.5 Å². The number of ether oxygens (including phenoxy) is 1. The third kappa shape index (κ3) is 4.58. The Hall–Kier alpha value is -2.89. The molecule has 2 heterocycles. The molecule has 2 amide bonds. The fourth-order valence-electron chi connectivity index (χ4n) is 4.09. The van der Waals surface area contributed by atoms with Crippen LogP contribution in [0.3, 0.4) is 0 Å². The highest BCUT2D eigenvalue weighted by molar-refractivity contribution is 5.85. The Balaban J connectivity index is 1.90. The van der Waals surface area contributed by atoms with Crippen molar-refractivity contribution in [2.45, 2.75) is 39.3 Å². The van der Waals surface area contributed by atoms with Crippen LogP contribution < -0.4 is 4.74 Å². The summed E-state index contributed by atoms with van der Waals surface area (Å²) in [6.07, 6.45) is 4.46. The van der Waals surface area contributed by atoms with Crippen molar-refractivity contribution in [2.24, 2.45) is 5.92 Å². The maximum atomic E-state index is 13.6. The van der Waals surface area contributed by atoms with E-state index in [0.29, 0.717) is 32.5 Å². The summed E-state index contributed by atoms with van der Waals surface area (Å²) in [5, 5.41) is 0. The number of aromatic nitrogens is 1. The number of amides is 2. The molecule has 1 aliphatic rings. The van der Waals surface area contributed by atoms with Crippen molar-refractivity contribution in [3.63, 3.8) is 0 Å². The number of nitrogens with zero attached hydrogens (tertiary/aromatic N) is 3. The van der Waals surface area contributed by atoms with E-state index < -0.39 is 0 Å². The minimum atomic E-state index is -0.261. The Morgan fingerprint density at radius 1 is 1.17 bits per heavy atom. The molecule has 1 aromatic carbocycles. The van der Waals surface area contributed by atoms with Crippen LogP contribution in [0.2, 0.25) is 0 Å². The number of benzene rings is 1. The molecule has 1 aromatic heterocycles. The first kappa shape index (κ1) is 20.8. The van der Waals surface area contributed by atoms with Crippen LogP contribution in [0.1, 0.15) is 43.9 Å². The topological polar surface area (TPSA) is 62.7 Å². The SMILES string of the molecule is CCN(Cc1ccncc1)C(=O)[C@@H]1CCC(=O)N(CC)[C@H]1c1ccc(OC)cc1. The molecule has 1 saturated heterocycles. The summed E-state index contributed by atoms with van der Waals surface area (Å²) in [4.78, 5) is 33.9. The normalized spacial score (nSPS) is 19.1. The summed E-state index contributed by atoms with van der Waals surface area (Å²) in [7, 11) is 1.63. The number of pyridine rings is 1. The van der Waals surface area contributed by atoms with Crippen LogP contribution in [0.15, 0.2) is 48.8 Å². The van der Waals surface area contributed by atoms with Crippen molar-refractivity contribution in [2.75, 3.05) is 20.2 Å². The molecule has 29 heavy (non-hydrogen) atoms. The van der Waals surface area contributed by atoms with Gasteiger partial charge in [0, 0.05) is 38.4 Å². The second kappa shape index (κ2) is 9.54. The smallest absolute Gasteiger partial charge is 0.228 e. The molecule has 154 valence electrons. The lowest BCUT2D eigenvalue weighted by molar-refractivity contribution is -0.148. The molecule has 0 radical (unpaired) electrons. The molecule has 0 unspecified atom stereocenters. The first-order valence-electron chi connectivity index (χ1n) is 10.2. The molecule has 6 nitrogen and oxygen atoms in total. The molecule has 0 aliphatic carbocycles. The van der Waals surface area contributed by atoms with Gasteiger partial charge in [0.1, 0.15) is 5.75 Å². The van der Waals surface area contributed by atoms with E-state index in [1.807, 2.05) is 60.0 Å². The number of piperidine rings is 1. The minimum Gasteiger partial charge on any atom is -0.497 e. The average Bonchev–Trinajstić information content (AvgIpc) is 2.77. The second-order valence-electron chi connectivity index (χ2n) is 7.25. The Morgan fingerprint density at radius 2 is 1.86 bits per heavy atom. The summed E-state index contributed by atoms with van der Waals surface area (Å²) in [6, 6.07) is 11.3. The Labute approximate surface area is 172 Å². The highest BCUT2D eigenvalue weighted by Crippen LogP contribution is 2.38. The molecule has 1 fully saturated rings. The van der Waals surface area contributed by atoms with Gasteiger partial charge in [-0.1, -0.05) is 12.1 Å². The summed E-state index contributed by atoms with van der Waals surface area (Å²) in [6.45, 7) is 5.70. The first-order valence-corrected chi connectivity index (χ1v) is 10.2. The van der Waals surface area contributed by atoms with Gasteiger partial charge in [-0.3, -0.25) is 14.6 Å². The van der Waals surface area contributed by atoms with Crippen LogP contribution in [0.25, 0.3) is 0 Å². The lowest BCUT2D eigenvalue weighted by Gasteiger charge is -2.42. The number of hydrogen-bond acceptors (Lipinski definition) is 4. The van der Waals surface area contributed by atoms with Gasteiger partial charge in [-0.05, 0) is 55.7 Å². The van der Waals surface area contributed by atoms with E-state index in [-0.39, 0.29) is 23.8 Å². The monoisotopic (exact) mass is 395 g/mol. The van der Waals surface area contributed by atoms with Crippen LogP contribution in [0.4, 0.5) is 0 Å². The van der Waals surface area contributed by atoms with Gasteiger partial charge in [0.25, 0.3) is 0 Å². The van der Waals surface area contributed by atoms with E-state index in [1.54, 1.807) is 19.5 Å². The van der Waals surface area contributed by atoms with E-state index in [1.165, 1.54) is 0 Å². The highest BCUT2D eigenvalue weighted by atomic mass is 16.5. The van der Waals surface area contributed by atoms with Crippen LogP contribution in [-0.4, -0.2) is 46.8 Å². The molecule has 0 spiro atoms. The maximum absolute atomic E-state index is 13.6. The van der Waals surface area contributed by atoms with Gasteiger partial charge in [-0.2, -0.15) is 0 Å². The van der Waals surface area contributed by atoms with E-state index in [0.717, 1.165) is 16.9 Å². The molecule has 2 atom stereocenters. The van der Waals surface area contributed by atoms with Crippen molar-refractivity contribution in [1.82, 2.24) is 14.8 Å². The van der Waals surface area contributed by atoms with Crippen molar-refractivity contribution < 1.29 is 14.3 Å². The molecule has 0 N–H and O–H groups in total. The minimum absolute atomic E-state index is 0.0936. The number of carbonyl (C=O) groups excluding carboxylic acids is 2.